The largest absolute Gasteiger partial charge is 0.469 e. The molecule has 8 heteroatoms. The van der Waals surface area contributed by atoms with Gasteiger partial charge < -0.3 is 19.4 Å². The highest BCUT2D eigenvalue weighted by Gasteiger charge is 2.36. The van der Waals surface area contributed by atoms with E-state index in [1.807, 2.05) is 30.3 Å². The first-order valence-corrected chi connectivity index (χ1v) is 8.66. The number of benzene rings is 1. The van der Waals surface area contributed by atoms with E-state index in [1.165, 1.54) is 7.11 Å². The van der Waals surface area contributed by atoms with E-state index >= 15 is 0 Å². The lowest BCUT2D eigenvalue weighted by molar-refractivity contribution is -0.145. The number of hydrogen-bond acceptors (Lipinski definition) is 5. The number of carbonyl (C=O) groups excluding carboxylic acids is 1. The quantitative estimate of drug-likeness (QED) is 0.311. The highest BCUT2D eigenvalue weighted by molar-refractivity contribution is 14.0. The van der Waals surface area contributed by atoms with Gasteiger partial charge in [-0.05, 0) is 5.92 Å². The predicted octanol–water partition coefficient (Wildman–Crippen LogP) is 2.78. The van der Waals surface area contributed by atoms with Gasteiger partial charge in [-0.3, -0.25) is 9.79 Å². The van der Waals surface area contributed by atoms with Crippen molar-refractivity contribution >= 4 is 35.9 Å². The Balaban J connectivity index is 0.00000261. The summed E-state index contributed by atoms with van der Waals surface area (Å²) in [6.45, 7) is 3.82. The van der Waals surface area contributed by atoms with Crippen molar-refractivity contribution in [2.24, 2.45) is 16.8 Å². The van der Waals surface area contributed by atoms with Crippen LogP contribution in [0.15, 0.2) is 45.9 Å². The van der Waals surface area contributed by atoms with E-state index in [4.69, 9.17) is 9.15 Å². The van der Waals surface area contributed by atoms with Crippen LogP contribution in [0.5, 0.6) is 0 Å². The number of nitrogens with one attached hydrogen (secondary N) is 1. The van der Waals surface area contributed by atoms with Gasteiger partial charge in [-0.15, -0.1) is 24.0 Å². The normalized spacial score (nSPS) is 19.5. The molecule has 1 aromatic carbocycles. The molecule has 3 rings (SSSR count). The number of guanidine groups is 1. The number of ether oxygens (including phenoxy) is 1. The van der Waals surface area contributed by atoms with Crippen molar-refractivity contribution in [2.45, 2.75) is 13.5 Å². The molecule has 0 aliphatic carbocycles. The van der Waals surface area contributed by atoms with Crippen molar-refractivity contribution in [3.05, 3.63) is 42.4 Å². The predicted molar refractivity (Wildman–Crippen MR) is 114 cm³/mol. The van der Waals surface area contributed by atoms with Crippen molar-refractivity contribution in [3.8, 4) is 11.3 Å². The number of likely N-dealkylation sites (tertiary alicyclic amines) is 1. The summed E-state index contributed by atoms with van der Waals surface area (Å²) >= 11 is 0. The van der Waals surface area contributed by atoms with Crippen LogP contribution in [-0.4, -0.2) is 49.1 Å². The van der Waals surface area contributed by atoms with Crippen LogP contribution in [0.2, 0.25) is 0 Å². The van der Waals surface area contributed by atoms with E-state index in [1.54, 1.807) is 13.2 Å². The second-order valence-corrected chi connectivity index (χ2v) is 6.40. The number of methoxy groups -OCH3 is 1. The molecule has 2 atom stereocenters. The average molecular weight is 484 g/mol. The van der Waals surface area contributed by atoms with E-state index in [-0.39, 0.29) is 41.8 Å². The summed E-state index contributed by atoms with van der Waals surface area (Å²) in [6.07, 6.45) is 1.72. The molecule has 1 aromatic heterocycles. The molecule has 2 aromatic rings. The molecule has 0 amide bonds. The minimum Gasteiger partial charge on any atom is -0.469 e. The first-order chi connectivity index (χ1) is 12.6. The standard InChI is InChI=1S/C19H24N4O3.HI/c1-13-11-23(12-15(13)18(24)25-3)19(20-2)22-10-17-21-9-16(26-17)14-7-5-4-6-8-14;/h4-9,13,15H,10-12H2,1-3H3,(H,20,22);1H. The molecular formula is C19H25IN4O3. The second kappa shape index (κ2) is 9.72. The number of oxazole rings is 1. The summed E-state index contributed by atoms with van der Waals surface area (Å²) in [4.78, 5) is 22.6. The Kier molecular flexibility index (Phi) is 7.64. The maximum Gasteiger partial charge on any atom is 0.310 e. The van der Waals surface area contributed by atoms with Crippen LogP contribution >= 0.6 is 24.0 Å². The monoisotopic (exact) mass is 484 g/mol. The van der Waals surface area contributed by atoms with Crippen molar-refractivity contribution in [1.29, 1.82) is 0 Å². The second-order valence-electron chi connectivity index (χ2n) is 6.40. The third-order valence-electron chi connectivity index (χ3n) is 4.64. The molecule has 2 unspecified atom stereocenters. The number of nitrogens with zero attached hydrogens (tertiary/aromatic N) is 3. The maximum atomic E-state index is 11.9. The zero-order chi connectivity index (χ0) is 18.5. The molecule has 0 bridgehead atoms. The highest BCUT2D eigenvalue weighted by atomic mass is 127. The van der Waals surface area contributed by atoms with E-state index in [0.29, 0.717) is 19.0 Å². The van der Waals surface area contributed by atoms with Crippen LogP contribution in [0, 0.1) is 11.8 Å². The van der Waals surface area contributed by atoms with E-state index in [2.05, 4.69) is 27.1 Å². The summed E-state index contributed by atoms with van der Waals surface area (Å²) in [5, 5.41) is 3.26. The Hall–Kier alpha value is -2.10. The van der Waals surface area contributed by atoms with Crippen molar-refractivity contribution < 1.29 is 13.9 Å². The van der Waals surface area contributed by atoms with Crippen molar-refractivity contribution in [3.63, 3.8) is 0 Å². The van der Waals surface area contributed by atoms with Crippen LogP contribution in [0.25, 0.3) is 11.3 Å². The van der Waals surface area contributed by atoms with Gasteiger partial charge in [-0.25, -0.2) is 4.98 Å². The van der Waals surface area contributed by atoms with E-state index in [9.17, 15) is 4.79 Å². The lowest BCUT2D eigenvalue weighted by Gasteiger charge is -2.20. The maximum absolute atomic E-state index is 11.9. The Morgan fingerprint density at radius 3 is 2.78 bits per heavy atom. The molecule has 27 heavy (non-hydrogen) atoms. The van der Waals surface area contributed by atoms with Gasteiger partial charge in [-0.1, -0.05) is 37.3 Å². The smallest absolute Gasteiger partial charge is 0.310 e. The number of aliphatic imine (C=N–C) groups is 1. The molecule has 0 radical (unpaired) electrons. The number of rotatable bonds is 4. The third kappa shape index (κ3) is 5.00. The van der Waals surface area contributed by atoms with Crippen LogP contribution < -0.4 is 5.32 Å². The average Bonchev–Trinajstić information content (AvgIpc) is 3.29. The summed E-state index contributed by atoms with van der Waals surface area (Å²) in [6, 6.07) is 9.85. The molecule has 0 saturated carbocycles. The summed E-state index contributed by atoms with van der Waals surface area (Å²) in [7, 11) is 3.15. The van der Waals surface area contributed by atoms with Crippen LogP contribution in [0.4, 0.5) is 0 Å². The summed E-state index contributed by atoms with van der Waals surface area (Å²) in [5.41, 5.74) is 0.991. The lowest BCUT2D eigenvalue weighted by Crippen LogP contribution is -2.40. The molecule has 2 heterocycles. The van der Waals surface area contributed by atoms with Crippen molar-refractivity contribution in [1.82, 2.24) is 15.2 Å². The van der Waals surface area contributed by atoms with Crippen LogP contribution in [0.1, 0.15) is 12.8 Å². The van der Waals surface area contributed by atoms with Gasteiger partial charge in [0.1, 0.15) is 0 Å². The van der Waals surface area contributed by atoms with Gasteiger partial charge >= 0.3 is 5.97 Å². The molecular weight excluding hydrogens is 459 g/mol. The van der Waals surface area contributed by atoms with Gasteiger partial charge in [0.15, 0.2) is 11.7 Å². The molecule has 1 aliphatic rings. The molecule has 1 N–H and O–H groups in total. The first kappa shape index (κ1) is 21.2. The van der Waals surface area contributed by atoms with Gasteiger partial charge in [-0.2, -0.15) is 0 Å². The number of esters is 1. The molecule has 1 aliphatic heterocycles. The van der Waals surface area contributed by atoms with Gasteiger partial charge in [0.25, 0.3) is 0 Å². The number of halogens is 1. The van der Waals surface area contributed by atoms with E-state index in [0.717, 1.165) is 23.8 Å². The van der Waals surface area contributed by atoms with Crippen molar-refractivity contribution in [2.75, 3.05) is 27.2 Å². The Bertz CT molecular complexity index is 778. The van der Waals surface area contributed by atoms with E-state index < -0.39 is 0 Å². The minimum atomic E-state index is -0.171. The number of aromatic nitrogens is 1. The molecule has 146 valence electrons. The topological polar surface area (TPSA) is 80.0 Å². The number of hydrogen-bond donors (Lipinski definition) is 1. The van der Waals surface area contributed by atoms with Gasteiger partial charge in [0.2, 0.25) is 5.89 Å². The zero-order valence-corrected chi connectivity index (χ0v) is 18.0. The van der Waals surface area contributed by atoms with Gasteiger partial charge in [0, 0.05) is 25.7 Å². The van der Waals surface area contributed by atoms with Crippen LogP contribution in [0.3, 0.4) is 0 Å². The Morgan fingerprint density at radius 1 is 1.37 bits per heavy atom. The third-order valence-corrected chi connectivity index (χ3v) is 4.64. The summed E-state index contributed by atoms with van der Waals surface area (Å²) in [5.74, 6) is 1.95. The van der Waals surface area contributed by atoms with Crippen LogP contribution in [-0.2, 0) is 16.1 Å². The molecule has 0 spiro atoms. The highest BCUT2D eigenvalue weighted by Crippen LogP contribution is 2.24. The molecule has 7 nitrogen and oxygen atoms in total. The number of carbonyl (C=O) groups is 1. The molecule has 1 saturated heterocycles. The minimum absolute atomic E-state index is 0. The first-order valence-electron chi connectivity index (χ1n) is 8.66. The fourth-order valence-electron chi connectivity index (χ4n) is 3.21. The fraction of sp³-hybridized carbons (Fsp3) is 0.421. The lowest BCUT2D eigenvalue weighted by atomic mass is 9.99. The SMILES string of the molecule is CN=C(NCc1ncc(-c2ccccc2)o1)N1CC(C)C(C(=O)OC)C1.I. The summed E-state index contributed by atoms with van der Waals surface area (Å²) < 4.78 is 10.7. The Labute approximate surface area is 176 Å². The zero-order valence-electron chi connectivity index (χ0n) is 15.7. The Morgan fingerprint density at radius 2 is 2.11 bits per heavy atom. The fourth-order valence-corrected chi connectivity index (χ4v) is 3.21. The molecule has 1 fully saturated rings. The van der Waals surface area contributed by atoms with Gasteiger partial charge in [0.05, 0.1) is 25.8 Å².